The summed E-state index contributed by atoms with van der Waals surface area (Å²) >= 11 is 2.53. The molecule has 3 aromatic rings. The van der Waals surface area contributed by atoms with Crippen LogP contribution in [0.15, 0.2) is 35.7 Å². The first-order chi connectivity index (χ1) is 14.4. The summed E-state index contributed by atoms with van der Waals surface area (Å²) in [6.45, 7) is 2.61. The predicted octanol–water partition coefficient (Wildman–Crippen LogP) is 5.18. The van der Waals surface area contributed by atoms with E-state index in [1.807, 2.05) is 12.1 Å². The molecule has 1 amide bonds. The minimum atomic E-state index is -0.968. The Morgan fingerprint density at radius 3 is 2.83 bits per heavy atom. The molecule has 3 rings (SSSR count). The molecule has 0 fully saturated rings. The van der Waals surface area contributed by atoms with Crippen LogP contribution in [0.2, 0.25) is 0 Å². The highest BCUT2D eigenvalue weighted by Gasteiger charge is 2.13. The van der Waals surface area contributed by atoms with Gasteiger partial charge in [-0.2, -0.15) is 0 Å². The number of nitrogens with one attached hydrogen (secondary N) is 2. The molecule has 0 aliphatic carbocycles. The number of hydrogen-bond donors (Lipinski definition) is 3. The number of aromatic nitrogens is 1. The predicted molar refractivity (Wildman–Crippen MR) is 118 cm³/mol. The molecule has 0 spiro atoms. The van der Waals surface area contributed by atoms with Crippen LogP contribution in [0.5, 0.6) is 0 Å². The molecule has 158 valence electrons. The van der Waals surface area contributed by atoms with Crippen molar-refractivity contribution in [2.75, 3.05) is 10.6 Å². The summed E-state index contributed by atoms with van der Waals surface area (Å²) < 4.78 is 13.7. The van der Waals surface area contributed by atoms with Crippen molar-refractivity contribution in [1.29, 1.82) is 0 Å². The minimum absolute atomic E-state index is 0.179. The molecule has 0 atom stereocenters. The number of thiazole rings is 1. The van der Waals surface area contributed by atoms with Gasteiger partial charge < -0.3 is 10.4 Å². The van der Waals surface area contributed by atoms with E-state index in [9.17, 15) is 14.0 Å². The SMILES string of the molecule is CCCCc1ccc(F)cc1NCc1ccc(C(=O)Nc2nc(CC(=O)O)cs2)s1. The number of aliphatic carboxylic acids is 1. The van der Waals surface area contributed by atoms with E-state index in [0.717, 1.165) is 35.4 Å². The Labute approximate surface area is 181 Å². The molecular weight excluding hydrogens is 425 g/mol. The Hall–Kier alpha value is -2.78. The number of nitrogens with zero attached hydrogens (tertiary/aromatic N) is 1. The maximum Gasteiger partial charge on any atom is 0.309 e. The van der Waals surface area contributed by atoms with Crippen LogP contribution >= 0.6 is 22.7 Å². The maximum absolute atomic E-state index is 13.7. The van der Waals surface area contributed by atoms with E-state index in [1.165, 1.54) is 34.8 Å². The van der Waals surface area contributed by atoms with Gasteiger partial charge in [0.1, 0.15) is 5.82 Å². The number of carboxylic acids is 1. The maximum atomic E-state index is 13.7. The fraction of sp³-hybridized carbons (Fsp3) is 0.286. The molecule has 0 saturated heterocycles. The Morgan fingerprint density at radius 2 is 2.07 bits per heavy atom. The molecule has 2 aromatic heterocycles. The second-order valence-corrected chi connectivity index (χ2v) is 8.72. The lowest BCUT2D eigenvalue weighted by atomic mass is 10.1. The highest BCUT2D eigenvalue weighted by atomic mass is 32.1. The summed E-state index contributed by atoms with van der Waals surface area (Å²) in [5.41, 5.74) is 2.26. The average molecular weight is 448 g/mol. The quantitative estimate of drug-likeness (QED) is 0.398. The number of rotatable bonds is 10. The van der Waals surface area contributed by atoms with Gasteiger partial charge in [0.05, 0.1) is 17.0 Å². The van der Waals surface area contributed by atoms with Crippen molar-refractivity contribution >= 4 is 45.4 Å². The summed E-state index contributed by atoms with van der Waals surface area (Å²) in [4.78, 5) is 28.7. The van der Waals surface area contributed by atoms with Crippen LogP contribution in [0.25, 0.3) is 0 Å². The summed E-state index contributed by atoms with van der Waals surface area (Å²) in [5.74, 6) is -1.55. The van der Waals surface area contributed by atoms with E-state index in [0.29, 0.717) is 22.2 Å². The normalized spacial score (nSPS) is 10.7. The second kappa shape index (κ2) is 10.3. The van der Waals surface area contributed by atoms with Crippen LogP contribution in [-0.4, -0.2) is 22.0 Å². The lowest BCUT2D eigenvalue weighted by Gasteiger charge is -2.11. The van der Waals surface area contributed by atoms with Crippen LogP contribution in [-0.2, 0) is 24.2 Å². The number of amides is 1. The first-order valence-corrected chi connectivity index (χ1v) is 11.2. The summed E-state index contributed by atoms with van der Waals surface area (Å²) in [6.07, 6.45) is 2.81. The van der Waals surface area contributed by atoms with E-state index in [-0.39, 0.29) is 18.1 Å². The van der Waals surface area contributed by atoms with Crippen molar-refractivity contribution in [2.24, 2.45) is 0 Å². The third-order valence-electron chi connectivity index (χ3n) is 4.31. The summed E-state index contributed by atoms with van der Waals surface area (Å²) in [7, 11) is 0. The zero-order valence-corrected chi connectivity index (χ0v) is 18.0. The van der Waals surface area contributed by atoms with Gasteiger partial charge in [-0.1, -0.05) is 19.4 Å². The lowest BCUT2D eigenvalue weighted by molar-refractivity contribution is -0.136. The fourth-order valence-corrected chi connectivity index (χ4v) is 4.38. The van der Waals surface area contributed by atoms with Gasteiger partial charge in [-0.3, -0.25) is 14.9 Å². The van der Waals surface area contributed by atoms with Crippen molar-refractivity contribution in [3.63, 3.8) is 0 Å². The van der Waals surface area contributed by atoms with Crippen LogP contribution in [0.4, 0.5) is 15.2 Å². The van der Waals surface area contributed by atoms with E-state index < -0.39 is 5.97 Å². The van der Waals surface area contributed by atoms with Crippen molar-refractivity contribution in [3.05, 3.63) is 62.5 Å². The molecule has 9 heteroatoms. The highest BCUT2D eigenvalue weighted by molar-refractivity contribution is 7.15. The number of benzene rings is 1. The number of thiophene rings is 1. The summed E-state index contributed by atoms with van der Waals surface area (Å²) in [6, 6.07) is 8.38. The van der Waals surface area contributed by atoms with Gasteiger partial charge in [0.15, 0.2) is 5.13 Å². The fourth-order valence-electron chi connectivity index (χ4n) is 2.84. The van der Waals surface area contributed by atoms with Crippen molar-refractivity contribution in [2.45, 2.75) is 39.2 Å². The standard InChI is InChI=1S/C21H22FN3O3S2/c1-2-3-4-13-5-6-14(22)9-17(13)23-11-16-7-8-18(30-16)20(28)25-21-24-15(12-29-21)10-19(26)27/h5-9,12,23H,2-4,10-11H2,1H3,(H,26,27)(H,24,25,28). The third kappa shape index (κ3) is 6.11. The lowest BCUT2D eigenvalue weighted by Crippen LogP contribution is -2.10. The van der Waals surface area contributed by atoms with Gasteiger partial charge in [0.25, 0.3) is 5.91 Å². The van der Waals surface area contributed by atoms with Crippen LogP contribution < -0.4 is 10.6 Å². The minimum Gasteiger partial charge on any atom is -0.481 e. The van der Waals surface area contributed by atoms with Crippen molar-refractivity contribution in [1.82, 2.24) is 4.98 Å². The number of carbonyl (C=O) groups excluding carboxylic acids is 1. The third-order valence-corrected chi connectivity index (χ3v) is 6.21. The van der Waals surface area contributed by atoms with Gasteiger partial charge in [0.2, 0.25) is 0 Å². The first-order valence-electron chi connectivity index (χ1n) is 9.53. The Bertz CT molecular complexity index is 1030. The van der Waals surface area contributed by atoms with Crippen LogP contribution in [0.3, 0.4) is 0 Å². The van der Waals surface area contributed by atoms with Gasteiger partial charge in [-0.25, -0.2) is 9.37 Å². The zero-order chi connectivity index (χ0) is 21.5. The Morgan fingerprint density at radius 1 is 1.23 bits per heavy atom. The molecule has 2 heterocycles. The molecule has 0 aliphatic heterocycles. The second-order valence-electron chi connectivity index (χ2n) is 6.69. The largest absolute Gasteiger partial charge is 0.481 e. The summed E-state index contributed by atoms with van der Waals surface area (Å²) in [5, 5.41) is 16.7. The van der Waals surface area contributed by atoms with E-state index in [1.54, 1.807) is 11.4 Å². The van der Waals surface area contributed by atoms with Crippen molar-refractivity contribution in [3.8, 4) is 0 Å². The topological polar surface area (TPSA) is 91.3 Å². The van der Waals surface area contributed by atoms with E-state index in [4.69, 9.17) is 5.11 Å². The van der Waals surface area contributed by atoms with Crippen LogP contribution in [0.1, 0.15) is 45.6 Å². The van der Waals surface area contributed by atoms with Gasteiger partial charge >= 0.3 is 5.97 Å². The zero-order valence-electron chi connectivity index (χ0n) is 16.4. The monoisotopic (exact) mass is 447 g/mol. The number of anilines is 2. The highest BCUT2D eigenvalue weighted by Crippen LogP contribution is 2.24. The first kappa shape index (κ1) is 21.9. The van der Waals surface area contributed by atoms with Gasteiger partial charge in [0, 0.05) is 22.5 Å². The van der Waals surface area contributed by atoms with E-state index >= 15 is 0 Å². The van der Waals surface area contributed by atoms with E-state index in [2.05, 4.69) is 22.5 Å². The van der Waals surface area contributed by atoms with Gasteiger partial charge in [-0.05, 0) is 42.7 Å². The number of hydrogen-bond acceptors (Lipinski definition) is 6. The molecule has 6 nitrogen and oxygen atoms in total. The number of carboxylic acid groups (broad SMARTS) is 1. The number of aryl methyl sites for hydroxylation is 1. The molecule has 0 aliphatic rings. The number of carbonyl (C=O) groups is 2. The molecular formula is C21H22FN3O3S2. The van der Waals surface area contributed by atoms with Crippen molar-refractivity contribution < 1.29 is 19.1 Å². The van der Waals surface area contributed by atoms with Gasteiger partial charge in [-0.15, -0.1) is 22.7 Å². The molecule has 30 heavy (non-hydrogen) atoms. The number of halogens is 1. The molecule has 1 aromatic carbocycles. The molecule has 0 unspecified atom stereocenters. The molecule has 3 N–H and O–H groups in total. The number of unbranched alkanes of at least 4 members (excludes halogenated alkanes) is 1. The molecule has 0 bridgehead atoms. The Kier molecular flexibility index (Phi) is 7.53. The average Bonchev–Trinajstić information content (AvgIpc) is 3.34. The van der Waals surface area contributed by atoms with Crippen LogP contribution in [0, 0.1) is 5.82 Å². The smallest absolute Gasteiger partial charge is 0.309 e. The molecule has 0 radical (unpaired) electrons. The Balaban J connectivity index is 1.60. The molecule has 0 saturated carbocycles.